The fourth-order valence-corrected chi connectivity index (χ4v) is 2.64. The van der Waals surface area contributed by atoms with Crippen molar-refractivity contribution in [3.8, 4) is 0 Å². The standard InChI is InChI=1S/C15H20N4/c1-19-9-5-12(6-10-19)11-18-15-14-13(4-8-17-15)3-2-7-16-14/h2-4,7-8,12H,5-6,9-11H2,1H3,(H,17,18). The molecule has 0 aromatic carbocycles. The number of anilines is 1. The Bertz CT molecular complexity index is 541. The second kappa shape index (κ2) is 5.53. The zero-order valence-corrected chi connectivity index (χ0v) is 11.3. The van der Waals surface area contributed by atoms with Gasteiger partial charge in [-0.2, -0.15) is 0 Å². The molecule has 0 unspecified atom stereocenters. The van der Waals surface area contributed by atoms with Gasteiger partial charge in [-0.25, -0.2) is 4.98 Å². The van der Waals surface area contributed by atoms with Gasteiger partial charge in [0.2, 0.25) is 0 Å². The maximum absolute atomic E-state index is 4.42. The fraction of sp³-hybridized carbons (Fsp3) is 0.467. The summed E-state index contributed by atoms with van der Waals surface area (Å²) in [7, 11) is 2.19. The molecule has 1 N–H and O–H groups in total. The predicted molar refractivity (Wildman–Crippen MR) is 78.2 cm³/mol. The van der Waals surface area contributed by atoms with Crippen LogP contribution in [-0.2, 0) is 0 Å². The van der Waals surface area contributed by atoms with Crippen molar-refractivity contribution in [2.45, 2.75) is 12.8 Å². The Balaban J connectivity index is 1.68. The summed E-state index contributed by atoms with van der Waals surface area (Å²) in [6.07, 6.45) is 6.20. The van der Waals surface area contributed by atoms with Gasteiger partial charge >= 0.3 is 0 Å². The number of aromatic nitrogens is 2. The molecule has 0 atom stereocenters. The summed E-state index contributed by atoms with van der Waals surface area (Å²) in [5.41, 5.74) is 0.970. The van der Waals surface area contributed by atoms with Gasteiger partial charge in [0.15, 0.2) is 5.82 Å². The number of nitrogens with one attached hydrogen (secondary N) is 1. The third-order valence-electron chi connectivity index (χ3n) is 3.92. The Labute approximate surface area is 113 Å². The Morgan fingerprint density at radius 1 is 1.21 bits per heavy atom. The van der Waals surface area contributed by atoms with Crippen LogP contribution >= 0.6 is 0 Å². The van der Waals surface area contributed by atoms with Crippen LogP contribution < -0.4 is 5.32 Å². The lowest BCUT2D eigenvalue weighted by Gasteiger charge is -2.29. The number of piperidine rings is 1. The molecule has 3 heterocycles. The molecule has 2 aromatic rings. The molecule has 1 aliphatic heterocycles. The Hall–Kier alpha value is -1.68. The van der Waals surface area contributed by atoms with Crippen molar-refractivity contribution in [1.29, 1.82) is 0 Å². The van der Waals surface area contributed by atoms with Crippen LogP contribution in [0.25, 0.3) is 10.9 Å². The van der Waals surface area contributed by atoms with Gasteiger partial charge < -0.3 is 10.2 Å². The van der Waals surface area contributed by atoms with Crippen molar-refractivity contribution >= 4 is 16.7 Å². The summed E-state index contributed by atoms with van der Waals surface area (Å²) < 4.78 is 0. The zero-order chi connectivity index (χ0) is 13.1. The lowest BCUT2D eigenvalue weighted by molar-refractivity contribution is 0.226. The predicted octanol–water partition coefficient (Wildman–Crippen LogP) is 2.38. The van der Waals surface area contributed by atoms with Crippen LogP contribution in [0.1, 0.15) is 12.8 Å². The first-order valence-electron chi connectivity index (χ1n) is 6.95. The van der Waals surface area contributed by atoms with Gasteiger partial charge in [0.1, 0.15) is 5.52 Å². The zero-order valence-electron chi connectivity index (χ0n) is 11.3. The molecule has 1 saturated heterocycles. The average molecular weight is 256 g/mol. The molecule has 0 radical (unpaired) electrons. The minimum atomic E-state index is 0.747. The molecule has 0 saturated carbocycles. The van der Waals surface area contributed by atoms with E-state index >= 15 is 0 Å². The SMILES string of the molecule is CN1CCC(CNc2nccc3cccnc23)CC1. The molecule has 4 heteroatoms. The van der Waals surface area contributed by atoms with E-state index in [1.165, 1.54) is 25.9 Å². The van der Waals surface area contributed by atoms with Crippen LogP contribution in [0.15, 0.2) is 30.6 Å². The molecule has 19 heavy (non-hydrogen) atoms. The monoisotopic (exact) mass is 256 g/mol. The maximum Gasteiger partial charge on any atom is 0.152 e. The molecule has 0 bridgehead atoms. The minimum absolute atomic E-state index is 0.747. The number of rotatable bonds is 3. The number of fused-ring (bicyclic) bond motifs is 1. The summed E-state index contributed by atoms with van der Waals surface area (Å²) >= 11 is 0. The molecule has 0 amide bonds. The largest absolute Gasteiger partial charge is 0.368 e. The fourth-order valence-electron chi connectivity index (χ4n) is 2.64. The van der Waals surface area contributed by atoms with Crippen LogP contribution in [-0.4, -0.2) is 41.5 Å². The van der Waals surface area contributed by atoms with Crippen molar-refractivity contribution in [3.63, 3.8) is 0 Å². The van der Waals surface area contributed by atoms with E-state index in [-0.39, 0.29) is 0 Å². The molecular weight excluding hydrogens is 236 g/mol. The van der Waals surface area contributed by atoms with E-state index in [0.717, 1.165) is 29.2 Å². The number of hydrogen-bond donors (Lipinski definition) is 1. The number of pyridine rings is 2. The van der Waals surface area contributed by atoms with Crippen LogP contribution in [0.3, 0.4) is 0 Å². The Morgan fingerprint density at radius 2 is 2.05 bits per heavy atom. The highest BCUT2D eigenvalue weighted by Crippen LogP contribution is 2.20. The summed E-state index contributed by atoms with van der Waals surface area (Å²) in [4.78, 5) is 11.2. The molecule has 3 rings (SSSR count). The average Bonchev–Trinajstić information content (AvgIpc) is 2.47. The van der Waals surface area contributed by atoms with Gasteiger partial charge in [-0.15, -0.1) is 0 Å². The highest BCUT2D eigenvalue weighted by atomic mass is 15.1. The van der Waals surface area contributed by atoms with Gasteiger partial charge in [0.05, 0.1) is 0 Å². The molecule has 2 aromatic heterocycles. The highest BCUT2D eigenvalue weighted by Gasteiger charge is 2.16. The second-order valence-corrected chi connectivity index (χ2v) is 5.36. The van der Waals surface area contributed by atoms with Gasteiger partial charge in [-0.3, -0.25) is 4.98 Å². The van der Waals surface area contributed by atoms with E-state index in [1.54, 1.807) is 0 Å². The van der Waals surface area contributed by atoms with Crippen molar-refractivity contribution < 1.29 is 0 Å². The summed E-state index contributed by atoms with van der Waals surface area (Å²) in [6, 6.07) is 6.04. The highest BCUT2D eigenvalue weighted by molar-refractivity contribution is 5.87. The molecule has 1 aliphatic rings. The lowest BCUT2D eigenvalue weighted by atomic mass is 9.97. The first kappa shape index (κ1) is 12.4. The Kier molecular flexibility index (Phi) is 3.60. The summed E-state index contributed by atoms with van der Waals surface area (Å²) in [6.45, 7) is 3.40. The molecule has 1 fully saturated rings. The van der Waals surface area contributed by atoms with Crippen LogP contribution in [0.4, 0.5) is 5.82 Å². The van der Waals surface area contributed by atoms with Crippen LogP contribution in [0.5, 0.6) is 0 Å². The van der Waals surface area contributed by atoms with Crippen molar-refractivity contribution in [2.75, 3.05) is 32.0 Å². The normalized spacial score (nSPS) is 17.7. The van der Waals surface area contributed by atoms with Crippen LogP contribution in [0.2, 0.25) is 0 Å². The lowest BCUT2D eigenvalue weighted by Crippen LogP contribution is -2.33. The van der Waals surface area contributed by atoms with Gasteiger partial charge in [0.25, 0.3) is 0 Å². The molecule has 0 spiro atoms. The smallest absolute Gasteiger partial charge is 0.152 e. The van der Waals surface area contributed by atoms with E-state index < -0.39 is 0 Å². The summed E-state index contributed by atoms with van der Waals surface area (Å²) in [5.74, 6) is 1.66. The Morgan fingerprint density at radius 3 is 2.89 bits per heavy atom. The second-order valence-electron chi connectivity index (χ2n) is 5.36. The maximum atomic E-state index is 4.42. The first-order valence-corrected chi connectivity index (χ1v) is 6.95. The van der Waals surface area contributed by atoms with E-state index in [0.29, 0.717) is 0 Å². The topological polar surface area (TPSA) is 41.0 Å². The quantitative estimate of drug-likeness (QED) is 0.915. The molecule has 4 nitrogen and oxygen atoms in total. The van der Waals surface area contributed by atoms with E-state index in [1.807, 2.05) is 24.5 Å². The number of likely N-dealkylation sites (tertiary alicyclic amines) is 1. The number of nitrogens with zero attached hydrogens (tertiary/aromatic N) is 3. The van der Waals surface area contributed by atoms with Crippen molar-refractivity contribution in [3.05, 3.63) is 30.6 Å². The summed E-state index contributed by atoms with van der Waals surface area (Å²) in [5, 5.41) is 4.62. The minimum Gasteiger partial charge on any atom is -0.368 e. The first-order chi connectivity index (χ1) is 9.33. The van der Waals surface area contributed by atoms with Crippen LogP contribution in [0, 0.1) is 5.92 Å². The van der Waals surface area contributed by atoms with E-state index in [2.05, 4.69) is 33.3 Å². The molecule has 0 aliphatic carbocycles. The number of hydrogen-bond acceptors (Lipinski definition) is 4. The van der Waals surface area contributed by atoms with E-state index in [4.69, 9.17) is 0 Å². The third kappa shape index (κ3) is 2.84. The van der Waals surface area contributed by atoms with Gasteiger partial charge in [-0.05, 0) is 51.0 Å². The molecule has 100 valence electrons. The van der Waals surface area contributed by atoms with Gasteiger partial charge in [-0.1, -0.05) is 6.07 Å². The van der Waals surface area contributed by atoms with Crippen molar-refractivity contribution in [1.82, 2.24) is 14.9 Å². The van der Waals surface area contributed by atoms with Gasteiger partial charge in [0, 0.05) is 24.3 Å². The third-order valence-corrected chi connectivity index (χ3v) is 3.92. The molecular formula is C15H20N4. The van der Waals surface area contributed by atoms with E-state index in [9.17, 15) is 0 Å². The van der Waals surface area contributed by atoms with Crippen molar-refractivity contribution in [2.24, 2.45) is 5.92 Å².